The molecule has 0 saturated heterocycles. The summed E-state index contributed by atoms with van der Waals surface area (Å²) in [5, 5.41) is 11.2. The Morgan fingerprint density at radius 2 is 1.92 bits per heavy atom. The first kappa shape index (κ1) is 23.8. The minimum Gasteiger partial charge on any atom is -0.354 e. The third-order valence-electron chi connectivity index (χ3n) is 6.94. The van der Waals surface area contributed by atoms with Crippen LogP contribution in [0.5, 0.6) is 0 Å². The van der Waals surface area contributed by atoms with E-state index in [1.807, 2.05) is 30.3 Å². The molecule has 0 saturated carbocycles. The molecule has 0 unspecified atom stereocenters. The molecule has 0 bridgehead atoms. The van der Waals surface area contributed by atoms with E-state index in [0.29, 0.717) is 24.8 Å². The average molecular weight is 485 g/mol. The molecule has 0 radical (unpaired) electrons. The zero-order valence-corrected chi connectivity index (χ0v) is 21.0. The van der Waals surface area contributed by atoms with Gasteiger partial charge in [-0.3, -0.25) is 14.5 Å². The van der Waals surface area contributed by atoms with Crippen LogP contribution in [0.3, 0.4) is 0 Å². The second kappa shape index (κ2) is 9.99. The summed E-state index contributed by atoms with van der Waals surface area (Å²) in [7, 11) is 1.58. The van der Waals surface area contributed by atoms with Crippen molar-refractivity contribution < 1.29 is 9.59 Å². The van der Waals surface area contributed by atoms with E-state index >= 15 is 0 Å². The van der Waals surface area contributed by atoms with Gasteiger partial charge in [-0.2, -0.15) is 5.10 Å². The Balaban J connectivity index is 1.30. The number of hydrogen-bond donors (Lipinski definition) is 2. The largest absolute Gasteiger partial charge is 0.354 e. The van der Waals surface area contributed by atoms with Gasteiger partial charge in [0.05, 0.1) is 5.69 Å². The first-order valence-electron chi connectivity index (χ1n) is 12.4. The molecule has 0 atom stereocenters. The van der Waals surface area contributed by atoms with Crippen molar-refractivity contribution in [1.29, 1.82) is 0 Å². The predicted molar refractivity (Wildman–Crippen MR) is 140 cm³/mol. The summed E-state index contributed by atoms with van der Waals surface area (Å²) in [5.41, 5.74) is 5.89. The molecule has 2 N–H and O–H groups in total. The molecule has 36 heavy (non-hydrogen) atoms. The Kier molecular flexibility index (Phi) is 6.61. The molecular formula is C28H32N6O2. The van der Waals surface area contributed by atoms with E-state index in [1.54, 1.807) is 24.0 Å². The summed E-state index contributed by atoms with van der Waals surface area (Å²) < 4.78 is 3.85. The molecule has 2 aromatic heterocycles. The minimum atomic E-state index is -0.228. The summed E-state index contributed by atoms with van der Waals surface area (Å²) in [6.07, 6.45) is 2.70. The number of amides is 2. The highest BCUT2D eigenvalue weighted by molar-refractivity contribution is 5.92. The van der Waals surface area contributed by atoms with Gasteiger partial charge in [0.25, 0.3) is 5.91 Å². The quantitative estimate of drug-likeness (QED) is 0.422. The monoisotopic (exact) mass is 484 g/mol. The van der Waals surface area contributed by atoms with Crippen LogP contribution in [0.15, 0.2) is 60.8 Å². The molecule has 5 rings (SSSR count). The summed E-state index contributed by atoms with van der Waals surface area (Å²) in [5.74, 6) is -0.245. The lowest BCUT2D eigenvalue weighted by Gasteiger charge is -2.31. The number of carbonyl (C=O) groups is 2. The van der Waals surface area contributed by atoms with Gasteiger partial charge >= 0.3 is 0 Å². The number of aromatic nitrogens is 3. The van der Waals surface area contributed by atoms with Gasteiger partial charge < -0.3 is 15.2 Å². The van der Waals surface area contributed by atoms with Gasteiger partial charge in [-0.1, -0.05) is 30.3 Å². The lowest BCUT2D eigenvalue weighted by molar-refractivity contribution is -0.121. The van der Waals surface area contributed by atoms with E-state index in [1.165, 1.54) is 16.6 Å². The highest BCUT2D eigenvalue weighted by Crippen LogP contribution is 2.31. The normalized spacial score (nSPS) is 13.7. The second-order valence-electron chi connectivity index (χ2n) is 9.51. The van der Waals surface area contributed by atoms with Crippen molar-refractivity contribution in [2.45, 2.75) is 45.9 Å². The average Bonchev–Trinajstić information content (AvgIpc) is 3.51. The van der Waals surface area contributed by atoms with Crippen molar-refractivity contribution >= 4 is 22.7 Å². The van der Waals surface area contributed by atoms with Crippen LogP contribution >= 0.6 is 0 Å². The van der Waals surface area contributed by atoms with Gasteiger partial charge in [0.1, 0.15) is 6.54 Å². The molecule has 8 heteroatoms. The molecule has 8 nitrogen and oxygen atoms in total. The SMILES string of the molecule is CNC(=O)c1ccn(-c2cccc(CNC(=O)Cn3c4c(c5ccccc53)CN(C(C)C)CC4)c2)n1. The van der Waals surface area contributed by atoms with Gasteiger partial charge in [-0.25, -0.2) is 4.68 Å². The molecule has 4 aromatic rings. The first-order chi connectivity index (χ1) is 17.4. The van der Waals surface area contributed by atoms with Gasteiger partial charge in [0, 0.05) is 61.9 Å². The predicted octanol–water partition coefficient (Wildman–Crippen LogP) is 3.27. The van der Waals surface area contributed by atoms with Crippen LogP contribution in [0.25, 0.3) is 16.6 Å². The van der Waals surface area contributed by atoms with Crippen molar-refractivity contribution in [2.24, 2.45) is 0 Å². The smallest absolute Gasteiger partial charge is 0.271 e. The van der Waals surface area contributed by atoms with E-state index in [0.717, 1.165) is 36.3 Å². The maximum atomic E-state index is 13.0. The maximum Gasteiger partial charge on any atom is 0.271 e. The number of hydrogen-bond acceptors (Lipinski definition) is 4. The molecule has 186 valence electrons. The van der Waals surface area contributed by atoms with Crippen LogP contribution in [0.1, 0.15) is 41.2 Å². The molecule has 3 heterocycles. The Labute approximate surface area is 210 Å². The Morgan fingerprint density at radius 1 is 1.08 bits per heavy atom. The fourth-order valence-electron chi connectivity index (χ4n) is 4.97. The molecule has 0 spiro atoms. The third kappa shape index (κ3) is 4.64. The molecule has 0 aliphatic carbocycles. The second-order valence-corrected chi connectivity index (χ2v) is 9.51. The molecule has 1 aliphatic rings. The summed E-state index contributed by atoms with van der Waals surface area (Å²) >= 11 is 0. The highest BCUT2D eigenvalue weighted by atomic mass is 16.2. The molecule has 2 amide bonds. The fraction of sp³-hybridized carbons (Fsp3) is 0.321. The summed E-state index contributed by atoms with van der Waals surface area (Å²) in [6.45, 7) is 7.11. The van der Waals surface area contributed by atoms with Crippen molar-refractivity contribution in [3.05, 3.63) is 83.3 Å². The topological polar surface area (TPSA) is 84.2 Å². The number of nitrogens with one attached hydrogen (secondary N) is 2. The molecule has 2 aromatic carbocycles. The van der Waals surface area contributed by atoms with Crippen molar-refractivity contribution in [2.75, 3.05) is 13.6 Å². The van der Waals surface area contributed by atoms with Gasteiger partial charge in [-0.05, 0) is 49.2 Å². The highest BCUT2D eigenvalue weighted by Gasteiger charge is 2.25. The Morgan fingerprint density at radius 3 is 2.72 bits per heavy atom. The van der Waals surface area contributed by atoms with Crippen LogP contribution < -0.4 is 10.6 Å². The summed E-state index contributed by atoms with van der Waals surface area (Å²) in [4.78, 5) is 27.3. The summed E-state index contributed by atoms with van der Waals surface area (Å²) in [6, 6.07) is 18.4. The van der Waals surface area contributed by atoms with Gasteiger partial charge in [0.2, 0.25) is 5.91 Å². The van der Waals surface area contributed by atoms with Crippen molar-refractivity contribution in [3.63, 3.8) is 0 Å². The molecule has 0 fully saturated rings. The van der Waals surface area contributed by atoms with E-state index in [9.17, 15) is 9.59 Å². The third-order valence-corrected chi connectivity index (χ3v) is 6.94. The Hall–Kier alpha value is -3.91. The number of benzene rings is 2. The van der Waals surface area contributed by atoms with Crippen molar-refractivity contribution in [1.82, 2.24) is 29.9 Å². The molecular weight excluding hydrogens is 452 g/mol. The van der Waals surface area contributed by atoms with E-state index in [2.05, 4.69) is 57.2 Å². The number of para-hydroxylation sites is 1. The van der Waals surface area contributed by atoms with Crippen molar-refractivity contribution in [3.8, 4) is 5.69 Å². The molecule has 1 aliphatic heterocycles. The van der Waals surface area contributed by atoms with Crippen LogP contribution in [-0.2, 0) is 30.8 Å². The zero-order chi connectivity index (χ0) is 25.2. The van der Waals surface area contributed by atoms with Crippen LogP contribution in [0, 0.1) is 0 Å². The number of carbonyl (C=O) groups excluding carboxylic acids is 2. The van der Waals surface area contributed by atoms with Crippen LogP contribution in [0.2, 0.25) is 0 Å². The van der Waals surface area contributed by atoms with E-state index < -0.39 is 0 Å². The van der Waals surface area contributed by atoms with Crippen LogP contribution in [0.4, 0.5) is 0 Å². The van der Waals surface area contributed by atoms with Crippen LogP contribution in [-0.4, -0.2) is 50.7 Å². The number of rotatable bonds is 7. The Bertz CT molecular complexity index is 1420. The number of nitrogens with zero attached hydrogens (tertiary/aromatic N) is 4. The number of fused-ring (bicyclic) bond motifs is 3. The minimum absolute atomic E-state index is 0.0174. The first-order valence-corrected chi connectivity index (χ1v) is 12.4. The van der Waals surface area contributed by atoms with Gasteiger partial charge in [0.15, 0.2) is 5.69 Å². The zero-order valence-electron chi connectivity index (χ0n) is 21.0. The van der Waals surface area contributed by atoms with E-state index in [-0.39, 0.29) is 11.8 Å². The standard InChI is InChI=1S/C28H32N6O2/c1-19(2)32-13-12-26-23(17-32)22-9-4-5-10-25(22)33(26)18-27(35)30-16-20-7-6-8-21(15-20)34-14-11-24(31-34)28(36)29-3/h4-11,14-15,19H,12-13,16-18H2,1-3H3,(H,29,36)(H,30,35). The van der Waals surface area contributed by atoms with E-state index in [4.69, 9.17) is 0 Å². The maximum absolute atomic E-state index is 13.0. The lowest BCUT2D eigenvalue weighted by Crippen LogP contribution is -2.36. The lowest BCUT2D eigenvalue weighted by atomic mass is 10.0. The fourth-order valence-corrected chi connectivity index (χ4v) is 4.97. The van der Waals surface area contributed by atoms with Gasteiger partial charge in [-0.15, -0.1) is 0 Å².